The zero-order chi connectivity index (χ0) is 18.2. The molecule has 2 aliphatic heterocycles. The van der Waals surface area contributed by atoms with E-state index >= 15 is 0 Å². The number of pyridine rings is 1. The van der Waals surface area contributed by atoms with E-state index in [1.807, 2.05) is 0 Å². The average molecular weight is 496 g/mol. The first kappa shape index (κ1) is 20.1. The molecule has 0 aliphatic carbocycles. The van der Waals surface area contributed by atoms with Crippen molar-refractivity contribution in [3.05, 3.63) is 29.7 Å². The van der Waals surface area contributed by atoms with Crippen LogP contribution >= 0.6 is 24.0 Å². The fourth-order valence-electron chi connectivity index (χ4n) is 3.28. The fourth-order valence-corrected chi connectivity index (χ4v) is 3.28. The summed E-state index contributed by atoms with van der Waals surface area (Å²) in [6.07, 6.45) is -1.44. The molecule has 11 heteroatoms. The fraction of sp³-hybridized carbons (Fsp3) is 0.562. The number of halogens is 4. The highest BCUT2D eigenvalue weighted by Gasteiger charge is 2.35. The van der Waals surface area contributed by atoms with Crippen LogP contribution < -0.4 is 10.6 Å². The van der Waals surface area contributed by atoms with E-state index in [1.54, 1.807) is 0 Å². The number of fused-ring (bicyclic) bond motifs is 1. The number of guanidine groups is 1. The summed E-state index contributed by atoms with van der Waals surface area (Å²) in [6, 6.07) is 2.31. The SMILES string of the molecule is FC(F)(F)c1ccc2nnc(CNC3=NCC4(CCOCC4)CN3)n2c1.I. The van der Waals surface area contributed by atoms with Gasteiger partial charge in [0.1, 0.15) is 0 Å². The summed E-state index contributed by atoms with van der Waals surface area (Å²) >= 11 is 0. The summed E-state index contributed by atoms with van der Waals surface area (Å²) in [6.45, 7) is 3.26. The number of aromatic nitrogens is 3. The average Bonchev–Trinajstić information content (AvgIpc) is 3.04. The van der Waals surface area contributed by atoms with Gasteiger partial charge in [-0.05, 0) is 25.0 Å². The van der Waals surface area contributed by atoms with Gasteiger partial charge in [-0.1, -0.05) is 0 Å². The van der Waals surface area contributed by atoms with Gasteiger partial charge in [-0.3, -0.25) is 9.39 Å². The lowest BCUT2D eigenvalue weighted by molar-refractivity contribution is -0.137. The van der Waals surface area contributed by atoms with Crippen molar-refractivity contribution < 1.29 is 17.9 Å². The minimum atomic E-state index is -4.41. The molecule has 2 aromatic rings. The van der Waals surface area contributed by atoms with E-state index in [0.29, 0.717) is 24.0 Å². The Hall–Kier alpha value is -1.63. The molecule has 7 nitrogen and oxygen atoms in total. The summed E-state index contributed by atoms with van der Waals surface area (Å²) in [5.74, 6) is 1.02. The lowest BCUT2D eigenvalue weighted by Crippen LogP contribution is -2.51. The summed E-state index contributed by atoms with van der Waals surface area (Å²) in [7, 11) is 0. The molecule has 1 saturated heterocycles. The van der Waals surface area contributed by atoms with Crippen molar-refractivity contribution in [2.24, 2.45) is 10.4 Å². The first-order valence-corrected chi connectivity index (χ1v) is 8.46. The number of hydrogen-bond acceptors (Lipinski definition) is 6. The lowest BCUT2D eigenvalue weighted by atomic mass is 9.79. The monoisotopic (exact) mass is 496 g/mol. The zero-order valence-electron chi connectivity index (χ0n) is 14.4. The van der Waals surface area contributed by atoms with Crippen molar-refractivity contribution in [2.75, 3.05) is 26.3 Å². The smallest absolute Gasteiger partial charge is 0.381 e. The van der Waals surface area contributed by atoms with Crippen LogP contribution in [0.2, 0.25) is 0 Å². The van der Waals surface area contributed by atoms with Gasteiger partial charge in [0.25, 0.3) is 0 Å². The molecule has 0 aromatic carbocycles. The topological polar surface area (TPSA) is 75.8 Å². The van der Waals surface area contributed by atoms with Crippen molar-refractivity contribution >= 4 is 35.6 Å². The van der Waals surface area contributed by atoms with Crippen LogP contribution in [0.3, 0.4) is 0 Å². The highest BCUT2D eigenvalue weighted by molar-refractivity contribution is 14.0. The van der Waals surface area contributed by atoms with Crippen molar-refractivity contribution in [1.82, 2.24) is 25.2 Å². The Labute approximate surface area is 170 Å². The van der Waals surface area contributed by atoms with Gasteiger partial charge in [0.15, 0.2) is 17.4 Å². The van der Waals surface area contributed by atoms with E-state index in [0.717, 1.165) is 44.9 Å². The second kappa shape index (κ2) is 7.78. The van der Waals surface area contributed by atoms with Gasteiger partial charge in [0.05, 0.1) is 18.7 Å². The standard InChI is InChI=1S/C16H19F3N6O.HI/c17-16(18,19)11-1-2-12-23-24-13(25(12)8-11)7-20-14-21-9-15(10-22-14)3-5-26-6-4-15;/h1-2,8H,3-7,9-10H2,(H2,20,21,22);1H. The molecule has 1 fully saturated rings. The molecule has 4 heterocycles. The first-order chi connectivity index (χ1) is 12.5. The molecule has 2 aliphatic rings. The van der Waals surface area contributed by atoms with Gasteiger partial charge in [0.2, 0.25) is 0 Å². The Kier molecular flexibility index (Phi) is 5.79. The van der Waals surface area contributed by atoms with Gasteiger partial charge in [-0.15, -0.1) is 34.2 Å². The molecule has 0 unspecified atom stereocenters. The maximum absolute atomic E-state index is 12.9. The number of alkyl halides is 3. The molecular weight excluding hydrogens is 476 g/mol. The predicted octanol–water partition coefficient (Wildman–Crippen LogP) is 2.21. The minimum absolute atomic E-state index is 0. The van der Waals surface area contributed by atoms with Crippen LogP contribution in [-0.4, -0.2) is 46.9 Å². The molecule has 0 radical (unpaired) electrons. The molecule has 2 N–H and O–H groups in total. The van der Waals surface area contributed by atoms with Gasteiger partial charge < -0.3 is 15.4 Å². The third-order valence-electron chi connectivity index (χ3n) is 4.97. The lowest BCUT2D eigenvalue weighted by Gasteiger charge is -2.39. The molecule has 148 valence electrons. The number of ether oxygens (including phenoxy) is 1. The van der Waals surface area contributed by atoms with E-state index in [2.05, 4.69) is 25.8 Å². The molecule has 0 atom stereocenters. The second-order valence-electron chi connectivity index (χ2n) is 6.74. The van der Waals surface area contributed by atoms with E-state index in [-0.39, 0.29) is 35.9 Å². The minimum Gasteiger partial charge on any atom is -0.381 e. The third-order valence-corrected chi connectivity index (χ3v) is 4.97. The van der Waals surface area contributed by atoms with Crippen LogP contribution in [0.15, 0.2) is 23.3 Å². The molecule has 4 rings (SSSR count). The molecule has 0 amide bonds. The molecular formula is C16H20F3IN6O. The molecule has 27 heavy (non-hydrogen) atoms. The number of nitrogens with zero attached hydrogens (tertiary/aromatic N) is 4. The third kappa shape index (κ3) is 4.28. The molecule has 0 bridgehead atoms. The summed E-state index contributed by atoms with van der Waals surface area (Å²) in [4.78, 5) is 4.54. The number of nitrogens with one attached hydrogen (secondary N) is 2. The Morgan fingerprint density at radius 3 is 2.67 bits per heavy atom. The number of hydrogen-bond donors (Lipinski definition) is 2. The van der Waals surface area contributed by atoms with Crippen molar-refractivity contribution in [1.29, 1.82) is 0 Å². The maximum Gasteiger partial charge on any atom is 0.417 e. The van der Waals surface area contributed by atoms with Crippen molar-refractivity contribution in [2.45, 2.75) is 25.6 Å². The quantitative estimate of drug-likeness (QED) is 0.624. The number of rotatable bonds is 2. The maximum atomic E-state index is 12.9. The Morgan fingerprint density at radius 2 is 2.00 bits per heavy atom. The van der Waals surface area contributed by atoms with E-state index in [1.165, 1.54) is 10.5 Å². The Balaban J connectivity index is 0.00000210. The van der Waals surface area contributed by atoms with Crippen LogP contribution in [0, 0.1) is 5.41 Å². The van der Waals surface area contributed by atoms with E-state index in [4.69, 9.17) is 4.74 Å². The predicted molar refractivity (Wildman–Crippen MR) is 103 cm³/mol. The largest absolute Gasteiger partial charge is 0.417 e. The van der Waals surface area contributed by atoms with Crippen molar-refractivity contribution in [3.8, 4) is 0 Å². The van der Waals surface area contributed by atoms with Crippen LogP contribution in [0.25, 0.3) is 5.65 Å². The van der Waals surface area contributed by atoms with Gasteiger partial charge in [0, 0.05) is 31.4 Å². The second-order valence-corrected chi connectivity index (χ2v) is 6.74. The highest BCUT2D eigenvalue weighted by atomic mass is 127. The van der Waals surface area contributed by atoms with Gasteiger partial charge in [-0.25, -0.2) is 0 Å². The number of aliphatic imine (C=N–C) groups is 1. The van der Waals surface area contributed by atoms with Crippen LogP contribution in [0.1, 0.15) is 24.2 Å². The Morgan fingerprint density at radius 1 is 1.22 bits per heavy atom. The van der Waals surface area contributed by atoms with E-state index < -0.39 is 11.7 Å². The van der Waals surface area contributed by atoms with Gasteiger partial charge in [-0.2, -0.15) is 13.2 Å². The van der Waals surface area contributed by atoms with Crippen LogP contribution in [-0.2, 0) is 17.5 Å². The summed E-state index contributed by atoms with van der Waals surface area (Å²) in [5, 5.41) is 14.2. The Bertz CT molecular complexity index is 831. The van der Waals surface area contributed by atoms with Crippen LogP contribution in [0.5, 0.6) is 0 Å². The molecule has 0 saturated carbocycles. The van der Waals surface area contributed by atoms with Crippen LogP contribution in [0.4, 0.5) is 13.2 Å². The summed E-state index contributed by atoms with van der Waals surface area (Å²) < 4.78 is 45.4. The molecule has 1 spiro atoms. The van der Waals surface area contributed by atoms with Gasteiger partial charge >= 0.3 is 6.18 Å². The highest BCUT2D eigenvalue weighted by Crippen LogP contribution is 2.31. The normalized spacial score (nSPS) is 19.3. The van der Waals surface area contributed by atoms with E-state index in [9.17, 15) is 13.2 Å². The molecule has 2 aromatic heterocycles. The zero-order valence-corrected chi connectivity index (χ0v) is 16.8. The first-order valence-electron chi connectivity index (χ1n) is 8.46. The van der Waals surface area contributed by atoms with Crippen molar-refractivity contribution in [3.63, 3.8) is 0 Å². The summed E-state index contributed by atoms with van der Waals surface area (Å²) in [5.41, 5.74) is -0.220.